The smallest absolute Gasteiger partial charge is 0.223 e. The Balaban J connectivity index is 1.67. The molecule has 2 rings (SSSR count). The van der Waals surface area contributed by atoms with E-state index in [1.165, 1.54) is 12.7 Å². The summed E-state index contributed by atoms with van der Waals surface area (Å²) < 4.78 is 4.91. The lowest BCUT2D eigenvalue weighted by Crippen LogP contribution is -2.33. The Morgan fingerprint density at radius 2 is 2.22 bits per heavy atom. The fourth-order valence-corrected chi connectivity index (χ4v) is 2.47. The van der Waals surface area contributed by atoms with E-state index in [-0.39, 0.29) is 11.8 Å². The molecule has 1 aliphatic carbocycles. The SMILES string of the molecule is O=C(NCCC(O)c1ccoc1)C1CCCCC1. The lowest BCUT2D eigenvalue weighted by atomic mass is 9.88. The average molecular weight is 251 g/mol. The van der Waals surface area contributed by atoms with Crippen LogP contribution in [0.2, 0.25) is 0 Å². The van der Waals surface area contributed by atoms with Crippen LogP contribution in [0, 0.1) is 5.92 Å². The number of hydrogen-bond donors (Lipinski definition) is 2. The number of furan rings is 1. The van der Waals surface area contributed by atoms with Gasteiger partial charge in [0.15, 0.2) is 0 Å². The zero-order valence-electron chi connectivity index (χ0n) is 10.6. The molecule has 0 spiro atoms. The normalized spacial score (nSPS) is 18.5. The number of aliphatic hydroxyl groups excluding tert-OH is 1. The van der Waals surface area contributed by atoms with Gasteiger partial charge >= 0.3 is 0 Å². The Hall–Kier alpha value is -1.29. The molecular formula is C14H21NO3. The van der Waals surface area contributed by atoms with Gasteiger partial charge in [-0.3, -0.25) is 4.79 Å². The maximum atomic E-state index is 11.9. The summed E-state index contributed by atoms with van der Waals surface area (Å²) in [5.41, 5.74) is 0.766. The molecule has 1 aromatic rings. The van der Waals surface area contributed by atoms with Crippen molar-refractivity contribution < 1.29 is 14.3 Å². The number of aliphatic hydroxyl groups is 1. The Morgan fingerprint density at radius 3 is 2.89 bits per heavy atom. The lowest BCUT2D eigenvalue weighted by molar-refractivity contribution is -0.126. The molecular weight excluding hydrogens is 230 g/mol. The number of amides is 1. The molecule has 100 valence electrons. The third-order valence-electron chi connectivity index (χ3n) is 3.62. The van der Waals surface area contributed by atoms with Crippen LogP contribution in [0.4, 0.5) is 0 Å². The third-order valence-corrected chi connectivity index (χ3v) is 3.62. The van der Waals surface area contributed by atoms with E-state index in [1.54, 1.807) is 12.3 Å². The molecule has 1 aromatic heterocycles. The van der Waals surface area contributed by atoms with E-state index in [0.29, 0.717) is 13.0 Å². The standard InChI is InChI=1S/C14H21NO3/c16-13(12-7-9-18-10-12)6-8-15-14(17)11-4-2-1-3-5-11/h7,9-11,13,16H,1-6,8H2,(H,15,17). The largest absolute Gasteiger partial charge is 0.472 e. The first-order chi connectivity index (χ1) is 8.77. The van der Waals surface area contributed by atoms with Crippen LogP contribution in [0.3, 0.4) is 0 Å². The third kappa shape index (κ3) is 3.60. The highest BCUT2D eigenvalue weighted by molar-refractivity contribution is 5.78. The van der Waals surface area contributed by atoms with Gasteiger partial charge in [-0.15, -0.1) is 0 Å². The van der Waals surface area contributed by atoms with Gasteiger partial charge in [0.2, 0.25) is 5.91 Å². The van der Waals surface area contributed by atoms with Gasteiger partial charge in [0.05, 0.1) is 18.6 Å². The van der Waals surface area contributed by atoms with Gasteiger partial charge in [-0.25, -0.2) is 0 Å². The van der Waals surface area contributed by atoms with Gasteiger partial charge < -0.3 is 14.8 Å². The summed E-state index contributed by atoms with van der Waals surface area (Å²) in [4.78, 5) is 11.9. The fraction of sp³-hybridized carbons (Fsp3) is 0.643. The van der Waals surface area contributed by atoms with Crippen LogP contribution in [-0.2, 0) is 4.79 Å². The fourth-order valence-electron chi connectivity index (χ4n) is 2.47. The summed E-state index contributed by atoms with van der Waals surface area (Å²) in [5, 5.41) is 12.7. The van der Waals surface area contributed by atoms with E-state index in [9.17, 15) is 9.90 Å². The van der Waals surface area contributed by atoms with E-state index in [4.69, 9.17) is 4.42 Å². The van der Waals surface area contributed by atoms with E-state index in [2.05, 4.69) is 5.32 Å². The Kier molecular flexibility index (Phi) is 4.81. The number of carbonyl (C=O) groups is 1. The molecule has 1 heterocycles. The van der Waals surface area contributed by atoms with E-state index < -0.39 is 6.10 Å². The molecule has 1 aliphatic rings. The highest BCUT2D eigenvalue weighted by Crippen LogP contribution is 2.23. The summed E-state index contributed by atoms with van der Waals surface area (Å²) in [7, 11) is 0. The summed E-state index contributed by atoms with van der Waals surface area (Å²) in [6.45, 7) is 0.516. The summed E-state index contributed by atoms with van der Waals surface area (Å²) in [6, 6.07) is 1.74. The summed E-state index contributed by atoms with van der Waals surface area (Å²) >= 11 is 0. The van der Waals surface area contributed by atoms with E-state index in [1.807, 2.05) is 0 Å². The summed E-state index contributed by atoms with van der Waals surface area (Å²) in [6.07, 6.45) is 8.64. The molecule has 0 aliphatic heterocycles. The molecule has 1 atom stereocenters. The van der Waals surface area contributed by atoms with Crippen LogP contribution in [0.25, 0.3) is 0 Å². The molecule has 1 fully saturated rings. The van der Waals surface area contributed by atoms with Gasteiger partial charge in [0, 0.05) is 18.0 Å². The minimum Gasteiger partial charge on any atom is -0.472 e. The van der Waals surface area contributed by atoms with Crippen LogP contribution in [0.15, 0.2) is 23.0 Å². The van der Waals surface area contributed by atoms with E-state index >= 15 is 0 Å². The second-order valence-corrected chi connectivity index (χ2v) is 4.99. The Labute approximate surface area is 107 Å². The molecule has 0 radical (unpaired) electrons. The van der Waals surface area contributed by atoms with Gasteiger partial charge in [-0.2, -0.15) is 0 Å². The van der Waals surface area contributed by atoms with Crippen molar-refractivity contribution in [2.75, 3.05) is 6.54 Å². The zero-order valence-corrected chi connectivity index (χ0v) is 10.6. The topological polar surface area (TPSA) is 62.5 Å². The Bertz CT molecular complexity index is 355. The zero-order chi connectivity index (χ0) is 12.8. The van der Waals surface area contributed by atoms with Crippen molar-refractivity contribution in [3.05, 3.63) is 24.2 Å². The highest BCUT2D eigenvalue weighted by Gasteiger charge is 2.20. The molecule has 1 saturated carbocycles. The van der Waals surface area contributed by atoms with Crippen LogP contribution >= 0.6 is 0 Å². The van der Waals surface area contributed by atoms with Crippen molar-refractivity contribution in [2.24, 2.45) is 5.92 Å². The Morgan fingerprint density at radius 1 is 1.44 bits per heavy atom. The molecule has 18 heavy (non-hydrogen) atoms. The van der Waals surface area contributed by atoms with Gasteiger partial charge in [-0.1, -0.05) is 19.3 Å². The molecule has 0 aromatic carbocycles. The van der Waals surface area contributed by atoms with Crippen LogP contribution < -0.4 is 5.32 Å². The first-order valence-electron chi connectivity index (χ1n) is 6.75. The average Bonchev–Trinajstić information content (AvgIpc) is 2.93. The van der Waals surface area contributed by atoms with Crippen LogP contribution in [0.5, 0.6) is 0 Å². The minimum absolute atomic E-state index is 0.147. The monoisotopic (exact) mass is 251 g/mol. The summed E-state index contributed by atoms with van der Waals surface area (Å²) in [5.74, 6) is 0.332. The molecule has 4 nitrogen and oxygen atoms in total. The van der Waals surface area contributed by atoms with Crippen LogP contribution in [0.1, 0.15) is 50.2 Å². The molecule has 1 amide bonds. The molecule has 2 N–H and O–H groups in total. The van der Waals surface area contributed by atoms with Gasteiger partial charge in [0.25, 0.3) is 0 Å². The quantitative estimate of drug-likeness (QED) is 0.844. The highest BCUT2D eigenvalue weighted by atomic mass is 16.3. The molecule has 0 bridgehead atoms. The number of hydrogen-bond acceptors (Lipinski definition) is 3. The van der Waals surface area contributed by atoms with E-state index in [0.717, 1.165) is 31.2 Å². The van der Waals surface area contributed by atoms with Crippen molar-refractivity contribution in [1.82, 2.24) is 5.32 Å². The predicted octanol–water partition coefficient (Wildman–Crippen LogP) is 2.40. The second kappa shape index (κ2) is 6.59. The second-order valence-electron chi connectivity index (χ2n) is 4.99. The van der Waals surface area contributed by atoms with Crippen molar-refractivity contribution in [2.45, 2.75) is 44.6 Å². The van der Waals surface area contributed by atoms with Crippen molar-refractivity contribution in [3.8, 4) is 0 Å². The van der Waals surface area contributed by atoms with Crippen molar-refractivity contribution in [1.29, 1.82) is 0 Å². The first kappa shape index (κ1) is 13.1. The van der Waals surface area contributed by atoms with Crippen molar-refractivity contribution >= 4 is 5.91 Å². The first-order valence-corrected chi connectivity index (χ1v) is 6.75. The number of carbonyl (C=O) groups excluding carboxylic acids is 1. The van der Waals surface area contributed by atoms with Crippen molar-refractivity contribution in [3.63, 3.8) is 0 Å². The maximum absolute atomic E-state index is 11.9. The minimum atomic E-state index is -0.560. The predicted molar refractivity (Wildman–Crippen MR) is 67.9 cm³/mol. The van der Waals surface area contributed by atoms with Crippen LogP contribution in [-0.4, -0.2) is 17.6 Å². The van der Waals surface area contributed by atoms with Gasteiger partial charge in [0.1, 0.15) is 0 Å². The maximum Gasteiger partial charge on any atom is 0.223 e. The molecule has 1 unspecified atom stereocenters. The molecule has 4 heteroatoms. The lowest BCUT2D eigenvalue weighted by Gasteiger charge is -2.21. The van der Waals surface area contributed by atoms with Gasteiger partial charge in [-0.05, 0) is 25.3 Å². The number of rotatable bonds is 5. The number of nitrogens with one attached hydrogen (secondary N) is 1. The molecule has 0 saturated heterocycles.